The number of rotatable bonds is 2. The van der Waals surface area contributed by atoms with E-state index in [-0.39, 0.29) is 5.56 Å². The van der Waals surface area contributed by atoms with Crippen LogP contribution in [0.3, 0.4) is 0 Å². The number of aromatic amines is 2. The summed E-state index contributed by atoms with van der Waals surface area (Å²) in [6.45, 7) is 4.19. The predicted octanol–water partition coefficient (Wildman–Crippen LogP) is 1.34. The third-order valence-electron chi connectivity index (χ3n) is 4.27. The first-order chi connectivity index (χ1) is 11.1. The second-order valence-corrected chi connectivity index (χ2v) is 6.17. The fourth-order valence-corrected chi connectivity index (χ4v) is 3.31. The van der Waals surface area contributed by atoms with Gasteiger partial charge in [0.25, 0.3) is 5.56 Å². The predicted molar refractivity (Wildman–Crippen MR) is 87.8 cm³/mol. The molecule has 23 heavy (non-hydrogen) atoms. The van der Waals surface area contributed by atoms with Crippen LogP contribution in [-0.2, 0) is 19.5 Å². The Morgan fingerprint density at radius 2 is 2.26 bits per heavy atom. The van der Waals surface area contributed by atoms with E-state index >= 15 is 0 Å². The highest BCUT2D eigenvalue weighted by Gasteiger charge is 2.21. The fourth-order valence-electron chi connectivity index (χ4n) is 3.10. The molecular weight excluding hydrogens is 312 g/mol. The summed E-state index contributed by atoms with van der Waals surface area (Å²) in [5, 5.41) is 0. The Labute approximate surface area is 137 Å². The Hall–Kier alpha value is -2.32. The summed E-state index contributed by atoms with van der Waals surface area (Å²) in [4.78, 5) is 28.9. The van der Waals surface area contributed by atoms with Crippen LogP contribution in [0.25, 0.3) is 5.78 Å². The summed E-state index contributed by atoms with van der Waals surface area (Å²) in [6, 6.07) is 1.90. The van der Waals surface area contributed by atoms with E-state index in [1.54, 1.807) is 6.20 Å². The lowest BCUT2D eigenvalue weighted by Gasteiger charge is -2.27. The summed E-state index contributed by atoms with van der Waals surface area (Å²) in [7, 11) is 0. The van der Waals surface area contributed by atoms with E-state index in [0.717, 1.165) is 42.2 Å². The molecule has 0 spiro atoms. The van der Waals surface area contributed by atoms with Crippen molar-refractivity contribution in [1.82, 2.24) is 29.2 Å². The van der Waals surface area contributed by atoms with Crippen molar-refractivity contribution in [2.75, 3.05) is 6.54 Å². The molecule has 0 unspecified atom stereocenters. The normalized spacial score (nSPS) is 15.0. The molecule has 0 atom stereocenters. The third kappa shape index (κ3) is 2.49. The molecule has 1 aliphatic heterocycles. The van der Waals surface area contributed by atoms with Crippen LogP contribution in [-0.4, -0.2) is 35.8 Å². The van der Waals surface area contributed by atoms with Gasteiger partial charge in [0.2, 0.25) is 5.78 Å². The van der Waals surface area contributed by atoms with E-state index < -0.39 is 0 Å². The molecule has 0 fully saturated rings. The summed E-state index contributed by atoms with van der Waals surface area (Å²) in [5.74, 6) is 0.708. The Morgan fingerprint density at radius 1 is 1.39 bits per heavy atom. The van der Waals surface area contributed by atoms with Crippen molar-refractivity contribution in [3.8, 4) is 0 Å². The van der Waals surface area contributed by atoms with E-state index in [1.165, 1.54) is 0 Å². The van der Waals surface area contributed by atoms with Crippen LogP contribution >= 0.6 is 12.2 Å². The Kier molecular flexibility index (Phi) is 3.35. The van der Waals surface area contributed by atoms with E-state index in [9.17, 15) is 4.79 Å². The lowest BCUT2D eigenvalue weighted by Crippen LogP contribution is -2.35. The molecule has 0 radical (unpaired) electrons. The fraction of sp³-hybridized carbons (Fsp3) is 0.333. The third-order valence-corrected chi connectivity index (χ3v) is 4.47. The number of hydrogen-bond donors (Lipinski definition) is 2. The largest absolute Gasteiger partial charge is 0.335 e. The summed E-state index contributed by atoms with van der Waals surface area (Å²) in [6.07, 6.45) is 4.50. The maximum absolute atomic E-state index is 12.1. The van der Waals surface area contributed by atoms with Crippen molar-refractivity contribution in [2.24, 2.45) is 0 Å². The quantitative estimate of drug-likeness (QED) is 0.694. The number of hydrogen-bond acceptors (Lipinski definition) is 5. The molecule has 118 valence electrons. The van der Waals surface area contributed by atoms with Gasteiger partial charge in [0.05, 0.1) is 17.0 Å². The molecule has 3 aromatic rings. The minimum atomic E-state index is -0.0926. The molecule has 0 saturated heterocycles. The number of nitrogens with zero attached hydrogens (tertiary/aromatic N) is 4. The van der Waals surface area contributed by atoms with Crippen molar-refractivity contribution >= 4 is 18.0 Å². The molecule has 0 saturated carbocycles. The smallest absolute Gasteiger partial charge is 0.256 e. The van der Waals surface area contributed by atoms with Gasteiger partial charge in [-0.25, -0.2) is 9.97 Å². The highest BCUT2D eigenvalue weighted by atomic mass is 32.1. The summed E-state index contributed by atoms with van der Waals surface area (Å²) in [5.41, 5.74) is 3.71. The van der Waals surface area contributed by atoms with Crippen molar-refractivity contribution in [1.29, 1.82) is 0 Å². The number of H-pyrrole nitrogens is 2. The number of fused-ring (bicyclic) bond motifs is 2. The SMILES string of the molecule is Cc1nc2ncccn2c1CN1CCc2[nH]c(=S)[nH]c(=O)c2C1. The molecule has 0 amide bonds. The molecule has 1 aliphatic rings. The highest BCUT2D eigenvalue weighted by Crippen LogP contribution is 2.18. The Morgan fingerprint density at radius 3 is 3.13 bits per heavy atom. The molecule has 3 aromatic heterocycles. The van der Waals surface area contributed by atoms with Gasteiger partial charge in [-0.3, -0.25) is 19.1 Å². The van der Waals surface area contributed by atoms with Crippen molar-refractivity contribution < 1.29 is 0 Å². The molecule has 0 aromatic carbocycles. The van der Waals surface area contributed by atoms with E-state index in [4.69, 9.17) is 12.2 Å². The number of aromatic nitrogens is 5. The van der Waals surface area contributed by atoms with Gasteiger partial charge in [-0.2, -0.15) is 0 Å². The molecule has 0 bridgehead atoms. The minimum absolute atomic E-state index is 0.0926. The van der Waals surface area contributed by atoms with Crippen LogP contribution in [0.4, 0.5) is 0 Å². The van der Waals surface area contributed by atoms with Gasteiger partial charge in [-0.05, 0) is 25.2 Å². The first kappa shape index (κ1) is 14.3. The monoisotopic (exact) mass is 328 g/mol. The molecule has 0 aliphatic carbocycles. The summed E-state index contributed by atoms with van der Waals surface area (Å²) < 4.78 is 2.40. The Bertz CT molecular complexity index is 1000. The van der Waals surface area contributed by atoms with Crippen LogP contribution in [0.5, 0.6) is 0 Å². The molecule has 4 heterocycles. The zero-order valence-electron chi connectivity index (χ0n) is 12.7. The van der Waals surface area contributed by atoms with Crippen molar-refractivity contribution in [3.63, 3.8) is 0 Å². The first-order valence-electron chi connectivity index (χ1n) is 7.47. The second-order valence-electron chi connectivity index (χ2n) is 5.76. The second kappa shape index (κ2) is 5.39. The van der Waals surface area contributed by atoms with Crippen LogP contribution in [0.15, 0.2) is 23.3 Å². The van der Waals surface area contributed by atoms with E-state index in [1.807, 2.05) is 23.6 Å². The van der Waals surface area contributed by atoms with Gasteiger partial charge in [-0.1, -0.05) is 0 Å². The number of aryl methyl sites for hydroxylation is 1. The number of imidazole rings is 1. The topological polar surface area (TPSA) is 82.1 Å². The molecule has 7 nitrogen and oxygen atoms in total. The average Bonchev–Trinajstić information content (AvgIpc) is 2.84. The first-order valence-corrected chi connectivity index (χ1v) is 7.88. The standard InChI is InChI=1S/C15H16N6OS/c1-9-12(21-5-2-4-16-14(21)17-9)8-20-6-3-11-10(7-20)13(22)19-15(23)18-11/h2,4-5H,3,6-8H2,1H3,(H2,18,19,22,23). The van der Waals surface area contributed by atoms with Crippen LogP contribution < -0.4 is 5.56 Å². The van der Waals surface area contributed by atoms with Crippen LogP contribution in [0.1, 0.15) is 22.6 Å². The molecule has 2 N–H and O–H groups in total. The minimum Gasteiger partial charge on any atom is -0.335 e. The van der Waals surface area contributed by atoms with Crippen molar-refractivity contribution in [2.45, 2.75) is 26.4 Å². The zero-order chi connectivity index (χ0) is 16.0. The molecule has 4 rings (SSSR count). The van der Waals surface area contributed by atoms with Gasteiger partial charge < -0.3 is 4.98 Å². The average molecular weight is 328 g/mol. The maximum atomic E-state index is 12.1. The summed E-state index contributed by atoms with van der Waals surface area (Å²) >= 11 is 5.03. The van der Waals surface area contributed by atoms with Crippen LogP contribution in [0.2, 0.25) is 0 Å². The van der Waals surface area contributed by atoms with Gasteiger partial charge in [0.15, 0.2) is 4.77 Å². The van der Waals surface area contributed by atoms with Crippen molar-refractivity contribution in [3.05, 3.63) is 56.2 Å². The molecular formula is C15H16N6OS. The number of nitrogens with one attached hydrogen (secondary N) is 2. The Balaban J connectivity index is 1.66. The van der Waals surface area contributed by atoms with Gasteiger partial charge in [-0.15, -0.1) is 0 Å². The zero-order valence-corrected chi connectivity index (χ0v) is 13.5. The lowest BCUT2D eigenvalue weighted by molar-refractivity contribution is 0.237. The van der Waals surface area contributed by atoms with Crippen LogP contribution in [0, 0.1) is 11.7 Å². The van der Waals surface area contributed by atoms with Gasteiger partial charge in [0, 0.05) is 44.1 Å². The van der Waals surface area contributed by atoms with E-state index in [0.29, 0.717) is 17.1 Å². The highest BCUT2D eigenvalue weighted by molar-refractivity contribution is 7.71. The maximum Gasteiger partial charge on any atom is 0.256 e. The van der Waals surface area contributed by atoms with E-state index in [2.05, 4.69) is 24.8 Å². The molecule has 8 heteroatoms. The lowest BCUT2D eigenvalue weighted by atomic mass is 10.1. The van der Waals surface area contributed by atoms with Gasteiger partial charge in [0.1, 0.15) is 0 Å². The van der Waals surface area contributed by atoms with Gasteiger partial charge >= 0.3 is 0 Å².